The molecule has 1 aromatic carbocycles. The van der Waals surface area contributed by atoms with Crippen molar-refractivity contribution in [2.24, 2.45) is 5.73 Å². The van der Waals surface area contributed by atoms with Crippen molar-refractivity contribution < 1.29 is 32.8 Å². The zero-order valence-electron chi connectivity index (χ0n) is 10.6. The molecule has 0 heterocycles. The fraction of sp³-hybridized carbons (Fsp3) is 0.364. The molecule has 110 valence electrons. The van der Waals surface area contributed by atoms with E-state index in [4.69, 9.17) is 15.9 Å². The average molecular weight is 291 g/mol. The highest BCUT2D eigenvalue weighted by Gasteiger charge is 2.37. The highest BCUT2D eigenvalue weighted by molar-refractivity contribution is 6.17. The number of aliphatic carboxylic acids is 1. The molecular formula is C11H13BF3NO4. The number of carboxylic acids is 1. The van der Waals surface area contributed by atoms with Crippen LogP contribution in [0.2, 0.25) is 0 Å². The van der Waals surface area contributed by atoms with Crippen molar-refractivity contribution in [3.05, 3.63) is 29.3 Å². The largest absolute Gasteiger partial charge is 0.539 e. The minimum absolute atomic E-state index is 0.169. The molecule has 0 fully saturated rings. The van der Waals surface area contributed by atoms with Crippen LogP contribution in [0, 0.1) is 0 Å². The summed E-state index contributed by atoms with van der Waals surface area (Å²) in [7, 11) is -0.764. The van der Waals surface area contributed by atoms with Crippen molar-refractivity contribution in [2.75, 3.05) is 0 Å². The van der Waals surface area contributed by atoms with Crippen molar-refractivity contribution in [3.63, 3.8) is 0 Å². The van der Waals surface area contributed by atoms with Gasteiger partial charge in [-0.25, -0.2) is 0 Å². The first-order chi connectivity index (χ1) is 9.08. The molecule has 0 saturated heterocycles. The summed E-state index contributed by atoms with van der Waals surface area (Å²) in [5, 5.41) is 17.4. The molecule has 0 aliphatic rings. The molecule has 0 saturated carbocycles. The molecule has 1 atom stereocenters. The fourth-order valence-corrected chi connectivity index (χ4v) is 1.61. The van der Waals surface area contributed by atoms with E-state index in [-0.39, 0.29) is 11.3 Å². The molecule has 0 amide bonds. The fourth-order valence-electron chi connectivity index (χ4n) is 1.61. The summed E-state index contributed by atoms with van der Waals surface area (Å²) in [5.74, 6) is -1.57. The Morgan fingerprint density at radius 2 is 2.05 bits per heavy atom. The van der Waals surface area contributed by atoms with Crippen LogP contribution in [0.4, 0.5) is 13.2 Å². The summed E-state index contributed by atoms with van der Waals surface area (Å²) in [6.45, 7) is 1.13. The Morgan fingerprint density at radius 3 is 2.50 bits per heavy atom. The van der Waals surface area contributed by atoms with Gasteiger partial charge in [-0.05, 0) is 24.6 Å². The number of hydrogen-bond donors (Lipinski definition) is 3. The second kappa shape index (κ2) is 5.72. The number of alkyl halides is 3. The van der Waals surface area contributed by atoms with Gasteiger partial charge in [0.05, 0.1) is 5.56 Å². The third kappa shape index (κ3) is 3.88. The molecule has 9 heteroatoms. The van der Waals surface area contributed by atoms with Crippen molar-refractivity contribution in [1.82, 2.24) is 0 Å². The number of halogens is 3. The Bertz CT molecular complexity index is 505. The first-order valence-electron chi connectivity index (χ1n) is 5.54. The number of nitrogens with two attached hydrogens (primary N) is 1. The minimum Gasteiger partial charge on any atom is -0.539 e. The van der Waals surface area contributed by atoms with E-state index in [1.807, 2.05) is 0 Å². The van der Waals surface area contributed by atoms with E-state index in [1.165, 1.54) is 6.07 Å². The van der Waals surface area contributed by atoms with Gasteiger partial charge in [0.15, 0.2) is 0 Å². The maximum atomic E-state index is 12.9. The number of rotatable bonds is 5. The Morgan fingerprint density at radius 1 is 1.45 bits per heavy atom. The minimum atomic E-state index is -4.68. The zero-order chi connectivity index (χ0) is 15.6. The van der Waals surface area contributed by atoms with E-state index in [0.717, 1.165) is 13.0 Å². The van der Waals surface area contributed by atoms with Crippen LogP contribution in [0.1, 0.15) is 18.1 Å². The van der Waals surface area contributed by atoms with Crippen LogP contribution >= 0.6 is 0 Å². The first-order valence-corrected chi connectivity index (χ1v) is 5.54. The Balaban J connectivity index is 3.22. The van der Waals surface area contributed by atoms with E-state index in [2.05, 4.69) is 4.65 Å². The maximum absolute atomic E-state index is 12.9. The topological polar surface area (TPSA) is 92.8 Å². The summed E-state index contributed by atoms with van der Waals surface area (Å²) in [4.78, 5) is 10.9. The third-order valence-electron chi connectivity index (χ3n) is 2.66. The molecule has 0 unspecified atom stereocenters. The lowest BCUT2D eigenvalue weighted by molar-refractivity contribution is -0.144. The monoisotopic (exact) mass is 291 g/mol. The van der Waals surface area contributed by atoms with Crippen LogP contribution in [0.5, 0.6) is 5.75 Å². The molecule has 1 aromatic rings. The van der Waals surface area contributed by atoms with E-state index < -0.39 is 37.4 Å². The molecule has 0 spiro atoms. The van der Waals surface area contributed by atoms with Crippen molar-refractivity contribution in [1.29, 1.82) is 0 Å². The molecule has 0 bridgehead atoms. The number of benzene rings is 1. The molecule has 20 heavy (non-hydrogen) atoms. The number of hydrogen-bond acceptors (Lipinski definition) is 4. The smallest absolute Gasteiger partial charge is 0.504 e. The second-order valence-electron chi connectivity index (χ2n) is 4.49. The predicted octanol–water partition coefficient (Wildman–Crippen LogP) is 0.688. The highest BCUT2D eigenvalue weighted by atomic mass is 19.4. The molecule has 1 rings (SSSR count). The summed E-state index contributed by atoms with van der Waals surface area (Å²) in [6.07, 6.45) is -5.17. The number of carbonyl (C=O) groups is 1. The summed E-state index contributed by atoms with van der Waals surface area (Å²) in [6, 6.07) is 2.99. The molecule has 0 aromatic heterocycles. The SMILES string of the molecule is C[C@@](N)(Cc1ccc(OBO)cc1C(F)(F)F)C(=O)O. The Hall–Kier alpha value is -1.74. The van der Waals surface area contributed by atoms with Crippen LogP contribution in [0.25, 0.3) is 0 Å². The number of carboxylic acid groups (broad SMARTS) is 1. The lowest BCUT2D eigenvalue weighted by atomic mass is 9.91. The molecule has 0 aliphatic heterocycles. The van der Waals surface area contributed by atoms with Crippen LogP contribution < -0.4 is 10.4 Å². The van der Waals surface area contributed by atoms with Crippen LogP contribution in [0.3, 0.4) is 0 Å². The van der Waals surface area contributed by atoms with Gasteiger partial charge in [-0.1, -0.05) is 6.07 Å². The summed E-state index contributed by atoms with van der Waals surface area (Å²) >= 11 is 0. The molecular weight excluding hydrogens is 278 g/mol. The van der Waals surface area contributed by atoms with Gasteiger partial charge in [-0.2, -0.15) is 13.2 Å². The van der Waals surface area contributed by atoms with Crippen LogP contribution in [-0.4, -0.2) is 29.3 Å². The first kappa shape index (κ1) is 16.3. The highest BCUT2D eigenvalue weighted by Crippen LogP contribution is 2.35. The van der Waals surface area contributed by atoms with Crippen molar-refractivity contribution >= 4 is 13.7 Å². The van der Waals surface area contributed by atoms with Gasteiger partial charge in [-0.3, -0.25) is 4.79 Å². The Kier molecular flexibility index (Phi) is 4.67. The van der Waals surface area contributed by atoms with E-state index in [9.17, 15) is 18.0 Å². The van der Waals surface area contributed by atoms with Gasteiger partial charge in [0, 0.05) is 6.42 Å². The van der Waals surface area contributed by atoms with Gasteiger partial charge in [-0.15, -0.1) is 0 Å². The van der Waals surface area contributed by atoms with Crippen molar-refractivity contribution in [2.45, 2.75) is 25.1 Å². The van der Waals surface area contributed by atoms with E-state index in [0.29, 0.717) is 6.07 Å². The van der Waals surface area contributed by atoms with Gasteiger partial charge < -0.3 is 20.5 Å². The quantitative estimate of drug-likeness (QED) is 0.694. The van der Waals surface area contributed by atoms with Crippen molar-refractivity contribution in [3.8, 4) is 5.75 Å². The Labute approximate surface area is 113 Å². The van der Waals surface area contributed by atoms with Gasteiger partial charge in [0.2, 0.25) is 0 Å². The molecule has 4 N–H and O–H groups in total. The summed E-state index contributed by atoms with van der Waals surface area (Å²) in [5.41, 5.74) is 2.35. The normalized spacial score (nSPS) is 14.5. The lowest BCUT2D eigenvalue weighted by Crippen LogP contribution is -2.47. The lowest BCUT2D eigenvalue weighted by Gasteiger charge is -2.22. The maximum Gasteiger partial charge on any atom is 0.504 e. The zero-order valence-corrected chi connectivity index (χ0v) is 10.6. The van der Waals surface area contributed by atoms with E-state index in [1.54, 1.807) is 0 Å². The molecule has 0 aliphatic carbocycles. The summed E-state index contributed by atoms with van der Waals surface area (Å²) < 4.78 is 43.4. The predicted molar refractivity (Wildman–Crippen MR) is 65.4 cm³/mol. The average Bonchev–Trinajstić information content (AvgIpc) is 2.29. The van der Waals surface area contributed by atoms with E-state index >= 15 is 0 Å². The van der Waals surface area contributed by atoms with Gasteiger partial charge in [0.25, 0.3) is 0 Å². The van der Waals surface area contributed by atoms with Gasteiger partial charge >= 0.3 is 19.8 Å². The molecule has 5 nitrogen and oxygen atoms in total. The standard InChI is InChI=1S/C11H13BF3NO4/c1-10(16,9(17)18)5-6-2-3-7(20-12-19)4-8(6)11(13,14)15/h2-4,12,19H,5,16H2,1H3,(H,17,18)/t10-/m1/s1. The van der Waals surface area contributed by atoms with Gasteiger partial charge in [0.1, 0.15) is 11.3 Å². The van der Waals surface area contributed by atoms with Crippen LogP contribution in [0.15, 0.2) is 18.2 Å². The second-order valence-corrected chi connectivity index (χ2v) is 4.49. The molecule has 0 radical (unpaired) electrons. The third-order valence-corrected chi connectivity index (χ3v) is 2.66. The van der Waals surface area contributed by atoms with Crippen LogP contribution in [-0.2, 0) is 17.4 Å².